The third kappa shape index (κ3) is 5.27. The fourth-order valence-corrected chi connectivity index (χ4v) is 4.49. The molecular formula is C20H20Cl2N2S. The Balaban J connectivity index is 1.79. The van der Waals surface area contributed by atoms with Crippen LogP contribution in [0, 0.1) is 6.92 Å². The molecule has 25 heavy (non-hydrogen) atoms. The van der Waals surface area contributed by atoms with Gasteiger partial charge in [0.15, 0.2) is 0 Å². The summed E-state index contributed by atoms with van der Waals surface area (Å²) in [4.78, 5) is 4.15. The topological polar surface area (TPSA) is 17.8 Å². The van der Waals surface area contributed by atoms with Crippen molar-refractivity contribution in [3.05, 3.63) is 88.0 Å². The van der Waals surface area contributed by atoms with Crippen LogP contribution in [0.5, 0.6) is 0 Å². The fraction of sp³-hybridized carbons (Fsp3) is 0.250. The molecule has 1 aromatic carbocycles. The van der Waals surface area contributed by atoms with Gasteiger partial charge in [-0.2, -0.15) is 0 Å². The number of allylic oxidation sites excluding steroid dienone is 5. The van der Waals surface area contributed by atoms with Crippen molar-refractivity contribution in [1.82, 2.24) is 9.55 Å². The first-order chi connectivity index (χ1) is 12.1. The Morgan fingerprint density at radius 2 is 2.16 bits per heavy atom. The molecule has 0 aliphatic heterocycles. The Bertz CT molecular complexity index is 807. The van der Waals surface area contributed by atoms with E-state index in [1.54, 1.807) is 0 Å². The molecule has 0 saturated carbocycles. The van der Waals surface area contributed by atoms with Crippen molar-refractivity contribution in [2.24, 2.45) is 0 Å². The molecule has 0 N–H and O–H groups in total. The predicted octanol–water partition coefficient (Wildman–Crippen LogP) is 6.33. The molecule has 0 bridgehead atoms. The lowest BCUT2D eigenvalue weighted by molar-refractivity contribution is 0.684. The third-order valence-electron chi connectivity index (χ3n) is 4.01. The van der Waals surface area contributed by atoms with Crippen LogP contribution in [-0.2, 0) is 6.54 Å². The summed E-state index contributed by atoms with van der Waals surface area (Å²) in [6.07, 6.45) is 14.8. The van der Waals surface area contributed by atoms with E-state index in [0.717, 1.165) is 34.3 Å². The highest BCUT2D eigenvalue weighted by molar-refractivity contribution is 7.99. The highest BCUT2D eigenvalue weighted by Crippen LogP contribution is 2.36. The van der Waals surface area contributed by atoms with E-state index in [0.29, 0.717) is 0 Å². The van der Waals surface area contributed by atoms with E-state index < -0.39 is 0 Å². The van der Waals surface area contributed by atoms with Crippen LogP contribution < -0.4 is 0 Å². The zero-order valence-electron chi connectivity index (χ0n) is 14.0. The summed E-state index contributed by atoms with van der Waals surface area (Å²) in [5.41, 5.74) is 3.60. The van der Waals surface area contributed by atoms with Gasteiger partial charge in [-0.05, 0) is 35.8 Å². The molecule has 1 aliphatic carbocycles. The lowest BCUT2D eigenvalue weighted by Crippen LogP contribution is -2.07. The fourth-order valence-electron chi connectivity index (χ4n) is 2.66. The van der Waals surface area contributed by atoms with E-state index in [1.807, 2.05) is 42.6 Å². The van der Waals surface area contributed by atoms with E-state index in [1.165, 1.54) is 11.1 Å². The smallest absolute Gasteiger partial charge is 0.0946 e. The second-order valence-electron chi connectivity index (χ2n) is 6.05. The number of thioether (sulfide) groups is 1. The monoisotopic (exact) mass is 390 g/mol. The molecule has 0 radical (unpaired) electrons. The molecule has 0 spiro atoms. The average Bonchev–Trinajstić information content (AvgIpc) is 3.00. The molecule has 1 aliphatic rings. The molecule has 2 nitrogen and oxygen atoms in total. The van der Waals surface area contributed by atoms with Gasteiger partial charge in [-0.1, -0.05) is 53.6 Å². The van der Waals surface area contributed by atoms with Gasteiger partial charge in [-0.25, -0.2) is 4.98 Å². The number of hydrogen-bond donors (Lipinski definition) is 0. The van der Waals surface area contributed by atoms with Crippen molar-refractivity contribution in [2.75, 3.05) is 5.75 Å². The summed E-state index contributed by atoms with van der Waals surface area (Å²) < 4.78 is 2.10. The van der Waals surface area contributed by atoms with Gasteiger partial charge in [0, 0.05) is 46.4 Å². The molecule has 1 aromatic heterocycles. The predicted molar refractivity (Wildman–Crippen MR) is 109 cm³/mol. The van der Waals surface area contributed by atoms with Gasteiger partial charge in [0.05, 0.1) is 6.33 Å². The zero-order chi connectivity index (χ0) is 17.6. The van der Waals surface area contributed by atoms with Crippen molar-refractivity contribution in [3.8, 4) is 0 Å². The van der Waals surface area contributed by atoms with Crippen molar-refractivity contribution < 1.29 is 0 Å². The Hall–Kier alpha value is -1.42. The van der Waals surface area contributed by atoms with E-state index in [9.17, 15) is 0 Å². The minimum absolute atomic E-state index is 0.249. The van der Waals surface area contributed by atoms with Gasteiger partial charge in [0.2, 0.25) is 0 Å². The van der Waals surface area contributed by atoms with E-state index in [-0.39, 0.29) is 5.25 Å². The van der Waals surface area contributed by atoms with E-state index in [4.69, 9.17) is 23.2 Å². The number of rotatable bonds is 6. The normalized spacial score (nSPS) is 15.5. The van der Waals surface area contributed by atoms with Gasteiger partial charge < -0.3 is 4.57 Å². The highest BCUT2D eigenvalue weighted by atomic mass is 35.5. The maximum absolute atomic E-state index is 6.54. The van der Waals surface area contributed by atoms with Crippen LogP contribution in [0.25, 0.3) is 0 Å². The van der Waals surface area contributed by atoms with Crippen molar-refractivity contribution in [2.45, 2.75) is 25.1 Å². The Labute approximate surface area is 163 Å². The average molecular weight is 391 g/mol. The summed E-state index contributed by atoms with van der Waals surface area (Å²) >= 11 is 14.5. The van der Waals surface area contributed by atoms with Crippen molar-refractivity contribution in [1.29, 1.82) is 0 Å². The van der Waals surface area contributed by atoms with E-state index >= 15 is 0 Å². The van der Waals surface area contributed by atoms with Gasteiger partial charge in [-0.3, -0.25) is 0 Å². The van der Waals surface area contributed by atoms with Gasteiger partial charge in [0.25, 0.3) is 0 Å². The molecule has 0 saturated heterocycles. The molecule has 5 heteroatoms. The molecular weight excluding hydrogens is 371 g/mol. The number of nitrogens with zero attached hydrogens (tertiary/aromatic N) is 2. The molecule has 130 valence electrons. The summed E-state index contributed by atoms with van der Waals surface area (Å²) in [6, 6.07) is 6.29. The number of hydrogen-bond acceptors (Lipinski definition) is 2. The van der Waals surface area contributed by atoms with Crippen LogP contribution in [-0.4, -0.2) is 15.3 Å². The van der Waals surface area contributed by atoms with Gasteiger partial charge >= 0.3 is 0 Å². The van der Waals surface area contributed by atoms with Crippen LogP contribution in [0.15, 0.2) is 71.8 Å². The standard InChI is InChI=1S/C20H20Cl2N2S/c1-15-5-8-18(19(22)11-15)20(12-24-10-9-23-14-24)25-13-16-3-2-4-17(21)7-6-16/h2-3,5-11,14,20H,4,12-13H2,1H3. The quantitative estimate of drug-likeness (QED) is 0.573. The van der Waals surface area contributed by atoms with Crippen LogP contribution in [0.1, 0.15) is 22.8 Å². The summed E-state index contributed by atoms with van der Waals surface area (Å²) in [5.74, 6) is 0.904. The molecule has 0 fully saturated rings. The largest absolute Gasteiger partial charge is 0.336 e. The number of imidazole rings is 1. The summed E-state index contributed by atoms with van der Waals surface area (Å²) in [5, 5.41) is 1.94. The van der Waals surface area contributed by atoms with Crippen LogP contribution in [0.2, 0.25) is 5.02 Å². The molecule has 1 unspecified atom stereocenters. The van der Waals surface area contributed by atoms with Gasteiger partial charge in [0.1, 0.15) is 0 Å². The zero-order valence-corrected chi connectivity index (χ0v) is 16.4. The van der Waals surface area contributed by atoms with Crippen molar-refractivity contribution >= 4 is 35.0 Å². The van der Waals surface area contributed by atoms with Crippen LogP contribution in [0.3, 0.4) is 0 Å². The first-order valence-electron chi connectivity index (χ1n) is 8.17. The number of benzene rings is 1. The third-order valence-corrected chi connectivity index (χ3v) is 5.93. The molecule has 1 heterocycles. The second kappa shape index (κ2) is 8.79. The maximum Gasteiger partial charge on any atom is 0.0946 e. The minimum atomic E-state index is 0.249. The molecule has 0 amide bonds. The SMILES string of the molecule is Cc1ccc(C(Cn2ccnc2)SCC2=CC=C(Cl)CC=C2)c(Cl)c1. The second-order valence-corrected chi connectivity index (χ2v) is 8.13. The van der Waals surface area contributed by atoms with Gasteiger partial charge in [-0.15, -0.1) is 11.8 Å². The summed E-state index contributed by atoms with van der Waals surface area (Å²) in [7, 11) is 0. The highest BCUT2D eigenvalue weighted by Gasteiger charge is 2.17. The lowest BCUT2D eigenvalue weighted by Gasteiger charge is -2.19. The first kappa shape index (κ1) is 18.4. The molecule has 2 aromatic rings. The summed E-state index contributed by atoms with van der Waals surface area (Å²) in [6.45, 7) is 2.89. The van der Waals surface area contributed by atoms with Crippen LogP contribution >= 0.6 is 35.0 Å². The minimum Gasteiger partial charge on any atom is -0.336 e. The number of halogens is 2. The first-order valence-corrected chi connectivity index (χ1v) is 9.97. The molecule has 1 atom stereocenters. The van der Waals surface area contributed by atoms with Crippen LogP contribution in [0.4, 0.5) is 0 Å². The number of aromatic nitrogens is 2. The van der Waals surface area contributed by atoms with Crippen molar-refractivity contribution in [3.63, 3.8) is 0 Å². The van der Waals surface area contributed by atoms with E-state index in [2.05, 4.69) is 46.8 Å². The Kier molecular flexibility index (Phi) is 6.46. The molecule has 3 rings (SSSR count). The lowest BCUT2D eigenvalue weighted by atomic mass is 10.1. The Morgan fingerprint density at radius 3 is 2.92 bits per heavy atom. The number of aryl methyl sites for hydroxylation is 1. The Morgan fingerprint density at radius 1 is 1.28 bits per heavy atom. The maximum atomic E-state index is 6.54.